The van der Waals surface area contributed by atoms with Crippen molar-refractivity contribution in [1.82, 2.24) is 15.0 Å². The molecule has 0 amide bonds. The van der Waals surface area contributed by atoms with Crippen molar-refractivity contribution in [3.8, 4) is 5.88 Å². The van der Waals surface area contributed by atoms with Crippen LogP contribution in [0.15, 0.2) is 30.9 Å². The Kier molecular flexibility index (Phi) is 4.61. The molecular weight excluding hydrogens is 338 g/mol. The third-order valence-corrected chi connectivity index (χ3v) is 5.28. The summed E-state index contributed by atoms with van der Waals surface area (Å²) in [7, 11) is 1.64. The number of rotatable bonds is 5. The van der Waals surface area contributed by atoms with Crippen LogP contribution in [0.3, 0.4) is 0 Å². The predicted molar refractivity (Wildman–Crippen MR) is 98.6 cm³/mol. The second kappa shape index (κ2) is 7.04. The third-order valence-electron chi connectivity index (χ3n) is 4.99. The fourth-order valence-electron chi connectivity index (χ4n) is 3.62. The van der Waals surface area contributed by atoms with Gasteiger partial charge in [-0.15, -0.1) is 0 Å². The van der Waals surface area contributed by atoms with Gasteiger partial charge >= 0.3 is 0 Å². The number of halogens is 1. The molecule has 4 rings (SSSR count). The molecule has 7 heteroatoms. The summed E-state index contributed by atoms with van der Waals surface area (Å²) in [4.78, 5) is 17.6. The Morgan fingerprint density at radius 1 is 1.16 bits per heavy atom. The molecule has 0 N–H and O–H groups in total. The van der Waals surface area contributed by atoms with Crippen LogP contribution < -0.4 is 14.5 Å². The van der Waals surface area contributed by atoms with Gasteiger partial charge in [0.15, 0.2) is 0 Å². The van der Waals surface area contributed by atoms with Crippen LogP contribution in [-0.4, -0.2) is 47.2 Å². The maximum atomic E-state index is 6.30. The second-order valence-electron chi connectivity index (χ2n) is 6.60. The molecule has 0 bridgehead atoms. The minimum absolute atomic E-state index is 0.490. The minimum atomic E-state index is 0.490. The van der Waals surface area contributed by atoms with E-state index in [1.807, 2.05) is 12.1 Å². The van der Waals surface area contributed by atoms with Crippen LogP contribution in [0.5, 0.6) is 5.88 Å². The van der Waals surface area contributed by atoms with Crippen molar-refractivity contribution < 1.29 is 4.74 Å². The van der Waals surface area contributed by atoms with E-state index in [0.29, 0.717) is 18.0 Å². The van der Waals surface area contributed by atoms with Crippen LogP contribution in [0, 0.1) is 0 Å². The van der Waals surface area contributed by atoms with E-state index < -0.39 is 0 Å². The van der Waals surface area contributed by atoms with Crippen LogP contribution in [0.2, 0.25) is 5.02 Å². The van der Waals surface area contributed by atoms with E-state index in [-0.39, 0.29) is 0 Å². The van der Waals surface area contributed by atoms with Crippen molar-refractivity contribution in [2.45, 2.75) is 37.8 Å². The van der Waals surface area contributed by atoms with Gasteiger partial charge in [-0.2, -0.15) is 0 Å². The van der Waals surface area contributed by atoms with E-state index in [0.717, 1.165) is 42.5 Å². The highest BCUT2D eigenvalue weighted by molar-refractivity contribution is 6.33. The second-order valence-corrected chi connectivity index (χ2v) is 7.01. The molecule has 25 heavy (non-hydrogen) atoms. The molecule has 2 aromatic heterocycles. The van der Waals surface area contributed by atoms with Gasteiger partial charge in [0.05, 0.1) is 17.8 Å². The zero-order valence-corrected chi connectivity index (χ0v) is 15.1. The van der Waals surface area contributed by atoms with Crippen molar-refractivity contribution in [2.75, 3.05) is 30.0 Å². The molecule has 2 fully saturated rings. The van der Waals surface area contributed by atoms with Gasteiger partial charge in [-0.25, -0.2) is 9.97 Å². The highest BCUT2D eigenvalue weighted by Crippen LogP contribution is 2.37. The highest BCUT2D eigenvalue weighted by atomic mass is 35.5. The molecule has 1 aliphatic carbocycles. The molecule has 0 spiro atoms. The fraction of sp³-hybridized carbons (Fsp3) is 0.500. The van der Waals surface area contributed by atoms with Gasteiger partial charge in [-0.3, -0.25) is 4.98 Å². The van der Waals surface area contributed by atoms with Crippen LogP contribution in [-0.2, 0) is 0 Å². The number of hydrogen-bond acceptors (Lipinski definition) is 6. The quantitative estimate of drug-likeness (QED) is 0.817. The largest absolute Gasteiger partial charge is 0.481 e. The molecule has 1 saturated carbocycles. The number of methoxy groups -OCH3 is 1. The Morgan fingerprint density at radius 2 is 1.92 bits per heavy atom. The molecule has 1 aliphatic heterocycles. The summed E-state index contributed by atoms with van der Waals surface area (Å²) in [6.45, 7) is 1.97. The first kappa shape index (κ1) is 16.4. The number of pyridine rings is 1. The van der Waals surface area contributed by atoms with Gasteiger partial charge in [-0.1, -0.05) is 11.6 Å². The van der Waals surface area contributed by atoms with Crippen LogP contribution in [0.25, 0.3) is 0 Å². The summed E-state index contributed by atoms with van der Waals surface area (Å²) in [6, 6.07) is 5.03. The lowest BCUT2D eigenvalue weighted by Crippen LogP contribution is -2.46. The van der Waals surface area contributed by atoms with E-state index in [9.17, 15) is 0 Å². The average molecular weight is 360 g/mol. The number of nitrogens with zero attached hydrogens (tertiary/aromatic N) is 5. The van der Waals surface area contributed by atoms with Gasteiger partial charge < -0.3 is 14.5 Å². The van der Waals surface area contributed by atoms with E-state index >= 15 is 0 Å². The standard InChI is InChI=1S/C18H22ClN5O/c1-25-18-10-17(21-12-22-18)24(13-2-3-13)14-5-8-23(9-6-14)16-4-7-20-11-15(16)19/h4,7,10-14H,2-3,5-6,8-9H2,1H3. The lowest BCUT2D eigenvalue weighted by molar-refractivity contribution is 0.395. The predicted octanol–water partition coefficient (Wildman–Crippen LogP) is 3.17. The SMILES string of the molecule is COc1cc(N(C2CC2)C2CCN(c3ccncc3Cl)CC2)ncn1. The van der Waals surface area contributed by atoms with Gasteiger partial charge in [0.25, 0.3) is 0 Å². The molecule has 132 valence electrons. The molecule has 3 heterocycles. The normalized spacial score (nSPS) is 18.2. The van der Waals surface area contributed by atoms with Crippen molar-refractivity contribution in [1.29, 1.82) is 0 Å². The molecule has 0 aromatic carbocycles. The smallest absolute Gasteiger partial charge is 0.218 e. The van der Waals surface area contributed by atoms with E-state index in [1.54, 1.807) is 25.8 Å². The summed E-state index contributed by atoms with van der Waals surface area (Å²) < 4.78 is 5.27. The molecule has 0 unspecified atom stereocenters. The Morgan fingerprint density at radius 3 is 2.60 bits per heavy atom. The molecule has 1 saturated heterocycles. The zero-order valence-electron chi connectivity index (χ0n) is 14.3. The molecule has 0 atom stereocenters. The topological polar surface area (TPSA) is 54.4 Å². The lowest BCUT2D eigenvalue weighted by Gasteiger charge is -2.40. The summed E-state index contributed by atoms with van der Waals surface area (Å²) in [5.41, 5.74) is 1.08. The third kappa shape index (κ3) is 3.49. The van der Waals surface area contributed by atoms with Crippen LogP contribution in [0.4, 0.5) is 11.5 Å². The first-order valence-corrected chi connectivity index (χ1v) is 9.13. The van der Waals surface area contributed by atoms with Crippen molar-refractivity contribution in [3.63, 3.8) is 0 Å². The number of anilines is 2. The summed E-state index contributed by atoms with van der Waals surface area (Å²) >= 11 is 6.30. The molecular formula is C18H22ClN5O. The van der Waals surface area contributed by atoms with Gasteiger partial charge in [-0.05, 0) is 31.7 Å². The average Bonchev–Trinajstić information content (AvgIpc) is 3.48. The molecule has 2 aromatic rings. The minimum Gasteiger partial charge on any atom is -0.481 e. The number of hydrogen-bond donors (Lipinski definition) is 0. The van der Waals surface area contributed by atoms with E-state index in [4.69, 9.17) is 16.3 Å². The van der Waals surface area contributed by atoms with Crippen molar-refractivity contribution >= 4 is 23.1 Å². The Hall–Kier alpha value is -2.08. The Labute approximate surface area is 152 Å². The first-order valence-electron chi connectivity index (χ1n) is 8.75. The molecule has 0 radical (unpaired) electrons. The number of aromatic nitrogens is 3. The van der Waals surface area contributed by atoms with Crippen LogP contribution >= 0.6 is 11.6 Å². The molecule has 2 aliphatic rings. The maximum Gasteiger partial charge on any atom is 0.218 e. The summed E-state index contributed by atoms with van der Waals surface area (Å²) in [6.07, 6.45) is 9.76. The van der Waals surface area contributed by atoms with Gasteiger partial charge in [0.2, 0.25) is 5.88 Å². The maximum absolute atomic E-state index is 6.30. The van der Waals surface area contributed by atoms with Crippen LogP contribution in [0.1, 0.15) is 25.7 Å². The summed E-state index contributed by atoms with van der Waals surface area (Å²) in [5.74, 6) is 1.60. The Balaban J connectivity index is 1.49. The number of piperidine rings is 1. The van der Waals surface area contributed by atoms with Gasteiger partial charge in [0.1, 0.15) is 12.1 Å². The van der Waals surface area contributed by atoms with Crippen molar-refractivity contribution in [3.05, 3.63) is 35.9 Å². The van der Waals surface area contributed by atoms with Gasteiger partial charge in [0, 0.05) is 43.6 Å². The Bertz CT molecular complexity index is 731. The van der Waals surface area contributed by atoms with E-state index in [2.05, 4.69) is 24.8 Å². The monoisotopic (exact) mass is 359 g/mol. The highest BCUT2D eigenvalue weighted by Gasteiger charge is 2.36. The zero-order chi connectivity index (χ0) is 17.2. The first-order chi connectivity index (χ1) is 12.3. The lowest BCUT2D eigenvalue weighted by atomic mass is 10.0. The van der Waals surface area contributed by atoms with Crippen molar-refractivity contribution in [2.24, 2.45) is 0 Å². The molecule has 6 nitrogen and oxygen atoms in total. The fourth-order valence-corrected chi connectivity index (χ4v) is 3.86. The summed E-state index contributed by atoms with van der Waals surface area (Å²) in [5, 5.41) is 0.723. The van der Waals surface area contributed by atoms with E-state index in [1.165, 1.54) is 12.8 Å². The number of ether oxygens (including phenoxy) is 1.